The number of aliphatic carboxylic acids is 1. The van der Waals surface area contributed by atoms with Crippen LogP contribution in [0.25, 0.3) is 0 Å². The van der Waals surface area contributed by atoms with Gasteiger partial charge in [-0.05, 0) is 42.7 Å². The van der Waals surface area contributed by atoms with Gasteiger partial charge in [0.2, 0.25) is 0 Å². The second-order valence-electron chi connectivity index (χ2n) is 5.01. The number of aryl methyl sites for hydroxylation is 2. The summed E-state index contributed by atoms with van der Waals surface area (Å²) < 4.78 is 11.3. The van der Waals surface area contributed by atoms with Crippen molar-refractivity contribution in [3.63, 3.8) is 0 Å². The number of carbonyl (C=O) groups is 1. The second kappa shape index (κ2) is 8.08. The highest BCUT2D eigenvalue weighted by Crippen LogP contribution is 2.19. The molecule has 0 spiro atoms. The molecular weight excluding hydrogens is 280 g/mol. The molecule has 116 valence electrons. The molecule has 0 radical (unpaired) electrons. The predicted molar refractivity (Wildman–Crippen MR) is 84.6 cm³/mol. The third-order valence-electron chi connectivity index (χ3n) is 3.18. The fourth-order valence-electron chi connectivity index (χ4n) is 2.11. The molecule has 0 saturated heterocycles. The summed E-state index contributed by atoms with van der Waals surface area (Å²) in [5.74, 6) is 0.733. The van der Waals surface area contributed by atoms with E-state index < -0.39 is 5.97 Å². The number of hydrogen-bond acceptors (Lipinski definition) is 3. The summed E-state index contributed by atoms with van der Waals surface area (Å²) in [6.45, 7) is 2.87. The first-order valence-electron chi connectivity index (χ1n) is 7.27. The summed E-state index contributed by atoms with van der Waals surface area (Å²) in [5, 5.41) is 8.77. The number of rotatable bonds is 8. The summed E-state index contributed by atoms with van der Waals surface area (Å²) in [4.78, 5) is 10.7. The van der Waals surface area contributed by atoms with E-state index in [0.29, 0.717) is 19.6 Å². The fourth-order valence-corrected chi connectivity index (χ4v) is 2.11. The molecule has 22 heavy (non-hydrogen) atoms. The van der Waals surface area contributed by atoms with Crippen LogP contribution in [0, 0.1) is 6.92 Å². The smallest absolute Gasteiger partial charge is 0.303 e. The molecule has 0 unspecified atom stereocenters. The van der Waals surface area contributed by atoms with Crippen LogP contribution in [0.15, 0.2) is 48.5 Å². The molecule has 0 heterocycles. The van der Waals surface area contributed by atoms with E-state index in [1.807, 2.05) is 55.5 Å². The number of benzene rings is 2. The maximum atomic E-state index is 10.7. The number of hydrogen-bond donors (Lipinski definition) is 1. The maximum Gasteiger partial charge on any atom is 0.303 e. The van der Waals surface area contributed by atoms with Crippen LogP contribution in [0.3, 0.4) is 0 Å². The average Bonchev–Trinajstić information content (AvgIpc) is 2.50. The number of carboxylic acid groups (broad SMARTS) is 1. The first-order chi connectivity index (χ1) is 10.6. The molecule has 2 aromatic rings. The lowest BCUT2D eigenvalue weighted by Gasteiger charge is -2.12. The van der Waals surface area contributed by atoms with Crippen LogP contribution in [0.1, 0.15) is 17.5 Å². The Labute approximate surface area is 130 Å². The maximum absolute atomic E-state index is 10.7. The molecular formula is C18H20O4. The Morgan fingerprint density at radius 2 is 1.82 bits per heavy atom. The van der Waals surface area contributed by atoms with Gasteiger partial charge in [0.1, 0.15) is 24.7 Å². The highest BCUT2D eigenvalue weighted by Gasteiger charge is 2.05. The minimum atomic E-state index is -0.808. The highest BCUT2D eigenvalue weighted by atomic mass is 16.5. The molecule has 0 saturated carbocycles. The van der Waals surface area contributed by atoms with Crippen molar-refractivity contribution in [3.8, 4) is 11.5 Å². The van der Waals surface area contributed by atoms with Crippen molar-refractivity contribution < 1.29 is 19.4 Å². The first-order valence-corrected chi connectivity index (χ1v) is 7.27. The summed E-state index contributed by atoms with van der Waals surface area (Å²) in [5.41, 5.74) is 2.05. The SMILES string of the molecule is Cc1cccc(OCCOc2ccccc2CCC(=O)O)c1. The Morgan fingerprint density at radius 3 is 2.59 bits per heavy atom. The van der Waals surface area contributed by atoms with E-state index in [4.69, 9.17) is 14.6 Å². The molecule has 0 aromatic heterocycles. The van der Waals surface area contributed by atoms with Crippen molar-refractivity contribution in [1.82, 2.24) is 0 Å². The van der Waals surface area contributed by atoms with Crippen LogP contribution in [0.5, 0.6) is 11.5 Å². The average molecular weight is 300 g/mol. The van der Waals surface area contributed by atoms with Gasteiger partial charge in [0, 0.05) is 6.42 Å². The van der Waals surface area contributed by atoms with E-state index in [1.54, 1.807) is 0 Å². The van der Waals surface area contributed by atoms with Gasteiger partial charge in [-0.25, -0.2) is 0 Å². The zero-order valence-electron chi connectivity index (χ0n) is 12.6. The summed E-state index contributed by atoms with van der Waals surface area (Å²) in [6, 6.07) is 15.3. The molecule has 0 fully saturated rings. The van der Waals surface area contributed by atoms with Gasteiger partial charge in [-0.2, -0.15) is 0 Å². The van der Waals surface area contributed by atoms with Crippen molar-refractivity contribution in [2.75, 3.05) is 13.2 Å². The van der Waals surface area contributed by atoms with Crippen LogP contribution < -0.4 is 9.47 Å². The van der Waals surface area contributed by atoms with E-state index in [9.17, 15) is 4.79 Å². The normalized spacial score (nSPS) is 10.2. The van der Waals surface area contributed by atoms with Gasteiger partial charge in [0.25, 0.3) is 0 Å². The quantitative estimate of drug-likeness (QED) is 0.758. The van der Waals surface area contributed by atoms with E-state index in [1.165, 1.54) is 0 Å². The summed E-state index contributed by atoms with van der Waals surface area (Å²) in [6.07, 6.45) is 0.560. The molecule has 0 aliphatic carbocycles. The van der Waals surface area contributed by atoms with Gasteiger partial charge in [-0.3, -0.25) is 4.79 Å². The summed E-state index contributed by atoms with van der Waals surface area (Å²) in [7, 11) is 0. The van der Waals surface area contributed by atoms with E-state index in [2.05, 4.69) is 0 Å². The van der Waals surface area contributed by atoms with Crippen molar-refractivity contribution in [2.24, 2.45) is 0 Å². The largest absolute Gasteiger partial charge is 0.490 e. The first kappa shape index (κ1) is 15.9. The van der Waals surface area contributed by atoms with Crippen molar-refractivity contribution in [1.29, 1.82) is 0 Å². The standard InChI is InChI=1S/C18H20O4/c1-14-5-4-7-16(13-14)21-11-12-22-17-8-3-2-6-15(17)9-10-18(19)20/h2-8,13H,9-12H2,1H3,(H,19,20). The van der Waals surface area contributed by atoms with Gasteiger partial charge in [-0.1, -0.05) is 30.3 Å². The Morgan fingerprint density at radius 1 is 1.05 bits per heavy atom. The minimum Gasteiger partial charge on any atom is -0.490 e. The molecule has 2 rings (SSSR count). The Kier molecular flexibility index (Phi) is 5.83. The van der Waals surface area contributed by atoms with Gasteiger partial charge in [0.05, 0.1) is 0 Å². The lowest BCUT2D eigenvalue weighted by molar-refractivity contribution is -0.136. The minimum absolute atomic E-state index is 0.0974. The van der Waals surface area contributed by atoms with Gasteiger partial charge < -0.3 is 14.6 Å². The van der Waals surface area contributed by atoms with Gasteiger partial charge in [-0.15, -0.1) is 0 Å². The Balaban J connectivity index is 1.82. The fraction of sp³-hybridized carbons (Fsp3) is 0.278. The van der Waals surface area contributed by atoms with Crippen LogP contribution in [0.2, 0.25) is 0 Å². The third kappa shape index (κ3) is 5.13. The van der Waals surface area contributed by atoms with Crippen LogP contribution in [0.4, 0.5) is 0 Å². The van der Waals surface area contributed by atoms with Crippen LogP contribution in [-0.4, -0.2) is 24.3 Å². The lowest BCUT2D eigenvalue weighted by atomic mass is 10.1. The number of para-hydroxylation sites is 1. The van der Waals surface area contributed by atoms with Crippen molar-refractivity contribution in [2.45, 2.75) is 19.8 Å². The van der Waals surface area contributed by atoms with Crippen molar-refractivity contribution in [3.05, 3.63) is 59.7 Å². The molecule has 2 aromatic carbocycles. The van der Waals surface area contributed by atoms with Crippen LogP contribution in [-0.2, 0) is 11.2 Å². The Bertz CT molecular complexity index is 622. The Hall–Kier alpha value is -2.49. The molecule has 0 aliphatic heterocycles. The van der Waals surface area contributed by atoms with E-state index in [-0.39, 0.29) is 6.42 Å². The third-order valence-corrected chi connectivity index (χ3v) is 3.18. The van der Waals surface area contributed by atoms with Crippen molar-refractivity contribution >= 4 is 5.97 Å². The number of carboxylic acids is 1. The zero-order chi connectivity index (χ0) is 15.8. The van der Waals surface area contributed by atoms with Gasteiger partial charge >= 0.3 is 5.97 Å². The monoisotopic (exact) mass is 300 g/mol. The zero-order valence-corrected chi connectivity index (χ0v) is 12.6. The molecule has 0 atom stereocenters. The lowest BCUT2D eigenvalue weighted by Crippen LogP contribution is -2.10. The molecule has 4 nitrogen and oxygen atoms in total. The molecule has 0 aliphatic rings. The summed E-state index contributed by atoms with van der Waals surface area (Å²) >= 11 is 0. The second-order valence-corrected chi connectivity index (χ2v) is 5.01. The number of ether oxygens (including phenoxy) is 2. The molecule has 1 N–H and O–H groups in total. The van der Waals surface area contributed by atoms with Gasteiger partial charge in [0.15, 0.2) is 0 Å². The van der Waals surface area contributed by atoms with Crippen LogP contribution >= 0.6 is 0 Å². The van der Waals surface area contributed by atoms with E-state index in [0.717, 1.165) is 22.6 Å². The highest BCUT2D eigenvalue weighted by molar-refractivity contribution is 5.67. The molecule has 0 amide bonds. The predicted octanol–water partition coefficient (Wildman–Crippen LogP) is 3.47. The molecule has 0 bridgehead atoms. The van der Waals surface area contributed by atoms with E-state index >= 15 is 0 Å². The topological polar surface area (TPSA) is 55.8 Å². The molecule has 4 heteroatoms.